The Bertz CT molecular complexity index is 972. The average molecular weight is 294 g/mol. The van der Waals surface area contributed by atoms with E-state index in [0.717, 1.165) is 33.2 Å². The van der Waals surface area contributed by atoms with Gasteiger partial charge in [0.1, 0.15) is 11.3 Å². The van der Waals surface area contributed by atoms with E-state index in [-0.39, 0.29) is 0 Å². The highest BCUT2D eigenvalue weighted by Crippen LogP contribution is 2.31. The number of para-hydroxylation sites is 1. The van der Waals surface area contributed by atoms with Crippen molar-refractivity contribution in [2.24, 2.45) is 0 Å². The minimum Gasteiger partial charge on any atom is -0.398 e. The third-order valence-corrected chi connectivity index (χ3v) is 3.94. The van der Waals surface area contributed by atoms with Crippen LogP contribution in [0.1, 0.15) is 0 Å². The van der Waals surface area contributed by atoms with E-state index in [1.165, 1.54) is 0 Å². The van der Waals surface area contributed by atoms with Crippen molar-refractivity contribution in [3.8, 4) is 11.4 Å². The molecule has 0 amide bonds. The summed E-state index contributed by atoms with van der Waals surface area (Å²) in [6, 6.07) is 17.8. The second kappa shape index (κ2) is 4.50. The Morgan fingerprint density at radius 2 is 1.71 bits per heavy atom. The molecule has 1 heterocycles. The Morgan fingerprint density at radius 1 is 0.952 bits per heavy atom. The van der Waals surface area contributed by atoms with Gasteiger partial charge in [-0.2, -0.15) is 0 Å². The Kier molecular flexibility index (Phi) is 2.62. The zero-order valence-corrected chi connectivity index (χ0v) is 11.9. The van der Waals surface area contributed by atoms with Crippen LogP contribution >= 0.6 is 11.6 Å². The summed E-state index contributed by atoms with van der Waals surface area (Å²) in [6.07, 6.45) is 0. The minimum atomic E-state index is 0.634. The van der Waals surface area contributed by atoms with Gasteiger partial charge in [-0.15, -0.1) is 0 Å². The zero-order chi connectivity index (χ0) is 14.4. The molecule has 0 fully saturated rings. The van der Waals surface area contributed by atoms with Gasteiger partial charge in [-0.3, -0.25) is 0 Å². The van der Waals surface area contributed by atoms with Crippen LogP contribution in [0.15, 0.2) is 54.6 Å². The van der Waals surface area contributed by atoms with Gasteiger partial charge in [0.2, 0.25) is 0 Å². The first kappa shape index (κ1) is 12.2. The lowest BCUT2D eigenvalue weighted by atomic mass is 10.0. The van der Waals surface area contributed by atoms with Gasteiger partial charge in [-0.05, 0) is 35.0 Å². The van der Waals surface area contributed by atoms with Crippen LogP contribution in [0, 0.1) is 0 Å². The number of rotatable bonds is 1. The Morgan fingerprint density at radius 3 is 2.48 bits per heavy atom. The quantitative estimate of drug-likeness (QED) is 0.503. The lowest BCUT2D eigenvalue weighted by molar-refractivity contribution is 1.34. The summed E-state index contributed by atoms with van der Waals surface area (Å²) >= 11 is 6.18. The molecule has 3 nitrogen and oxygen atoms in total. The molecule has 102 valence electrons. The Balaban J connectivity index is 1.99. The second-order valence-electron chi connectivity index (χ2n) is 5.01. The summed E-state index contributed by atoms with van der Waals surface area (Å²) in [4.78, 5) is 7.87. The molecule has 0 aliphatic heterocycles. The number of aromatic nitrogens is 2. The van der Waals surface area contributed by atoms with Gasteiger partial charge in [0.25, 0.3) is 0 Å². The third kappa shape index (κ3) is 1.94. The van der Waals surface area contributed by atoms with E-state index in [0.29, 0.717) is 10.7 Å². The molecular weight excluding hydrogens is 282 g/mol. The third-order valence-electron chi connectivity index (χ3n) is 3.64. The van der Waals surface area contributed by atoms with Gasteiger partial charge in [-0.1, -0.05) is 41.9 Å². The fourth-order valence-electron chi connectivity index (χ4n) is 2.59. The van der Waals surface area contributed by atoms with Crippen LogP contribution in [0.5, 0.6) is 0 Å². The molecular formula is C17H12ClN3. The molecule has 0 bridgehead atoms. The highest BCUT2D eigenvalue weighted by Gasteiger charge is 2.11. The van der Waals surface area contributed by atoms with Crippen LogP contribution in [0.25, 0.3) is 33.2 Å². The molecule has 4 heteroatoms. The number of aromatic amines is 1. The van der Waals surface area contributed by atoms with Crippen LogP contribution < -0.4 is 5.73 Å². The summed E-state index contributed by atoms with van der Waals surface area (Å²) < 4.78 is 0. The summed E-state index contributed by atoms with van der Waals surface area (Å²) in [5, 5.41) is 2.88. The summed E-state index contributed by atoms with van der Waals surface area (Å²) in [7, 11) is 0. The van der Waals surface area contributed by atoms with Crippen LogP contribution in [0.3, 0.4) is 0 Å². The fourth-order valence-corrected chi connectivity index (χ4v) is 2.80. The van der Waals surface area contributed by atoms with Gasteiger partial charge in [-0.25, -0.2) is 4.98 Å². The number of nitrogens with zero attached hydrogens (tertiary/aromatic N) is 1. The lowest BCUT2D eigenvalue weighted by Crippen LogP contribution is -1.91. The molecule has 0 saturated carbocycles. The first-order valence-electron chi connectivity index (χ1n) is 6.65. The number of fused-ring (bicyclic) bond motifs is 2. The van der Waals surface area contributed by atoms with E-state index >= 15 is 0 Å². The van der Waals surface area contributed by atoms with Crippen molar-refractivity contribution in [2.75, 3.05) is 5.73 Å². The average Bonchev–Trinajstić information content (AvgIpc) is 2.92. The maximum absolute atomic E-state index is 6.19. The normalized spacial score (nSPS) is 11.3. The largest absolute Gasteiger partial charge is 0.398 e. The molecule has 0 atom stereocenters. The standard InChI is InChI=1S/C17H12ClN3/c18-13-6-3-7-15-16(13)21-17(20-15)12-8-10-4-1-2-5-11(10)9-14(12)19/h1-9H,19H2,(H,20,21). The summed E-state index contributed by atoms with van der Waals surface area (Å²) in [6.45, 7) is 0. The summed E-state index contributed by atoms with van der Waals surface area (Å²) in [5.41, 5.74) is 9.45. The van der Waals surface area contributed by atoms with Crippen molar-refractivity contribution >= 4 is 39.1 Å². The molecule has 3 aromatic carbocycles. The van der Waals surface area contributed by atoms with Crippen LogP contribution in [0.4, 0.5) is 5.69 Å². The summed E-state index contributed by atoms with van der Waals surface area (Å²) in [5.74, 6) is 0.737. The molecule has 3 N–H and O–H groups in total. The minimum absolute atomic E-state index is 0.634. The number of nitrogen functional groups attached to an aromatic ring is 1. The molecule has 0 radical (unpaired) electrons. The van der Waals surface area contributed by atoms with Crippen molar-refractivity contribution in [2.45, 2.75) is 0 Å². The fraction of sp³-hybridized carbons (Fsp3) is 0. The van der Waals surface area contributed by atoms with E-state index in [1.807, 2.05) is 42.5 Å². The maximum atomic E-state index is 6.19. The van der Waals surface area contributed by atoms with Crippen molar-refractivity contribution in [3.05, 3.63) is 59.6 Å². The molecule has 0 spiro atoms. The highest BCUT2D eigenvalue weighted by atomic mass is 35.5. The van der Waals surface area contributed by atoms with E-state index in [9.17, 15) is 0 Å². The van der Waals surface area contributed by atoms with Crippen LogP contribution in [-0.4, -0.2) is 9.97 Å². The predicted molar refractivity (Wildman–Crippen MR) is 88.5 cm³/mol. The van der Waals surface area contributed by atoms with Gasteiger partial charge in [0, 0.05) is 11.3 Å². The van der Waals surface area contributed by atoms with Gasteiger partial charge >= 0.3 is 0 Å². The Labute approximate surface area is 126 Å². The first-order chi connectivity index (χ1) is 10.2. The Hall–Kier alpha value is -2.52. The number of benzene rings is 3. The van der Waals surface area contributed by atoms with Crippen molar-refractivity contribution in [3.63, 3.8) is 0 Å². The van der Waals surface area contributed by atoms with Crippen LogP contribution in [-0.2, 0) is 0 Å². The monoisotopic (exact) mass is 293 g/mol. The zero-order valence-electron chi connectivity index (χ0n) is 11.1. The SMILES string of the molecule is Nc1cc2ccccc2cc1-c1nc2c(Cl)cccc2[nH]1. The highest BCUT2D eigenvalue weighted by molar-refractivity contribution is 6.35. The number of hydrogen-bond acceptors (Lipinski definition) is 2. The lowest BCUT2D eigenvalue weighted by Gasteiger charge is -2.05. The number of anilines is 1. The molecule has 0 aliphatic rings. The number of H-pyrrole nitrogens is 1. The molecule has 1 aromatic heterocycles. The van der Waals surface area contributed by atoms with Crippen LogP contribution in [0.2, 0.25) is 5.02 Å². The topological polar surface area (TPSA) is 54.7 Å². The van der Waals surface area contributed by atoms with E-state index < -0.39 is 0 Å². The second-order valence-corrected chi connectivity index (χ2v) is 5.42. The molecule has 0 aliphatic carbocycles. The molecule has 0 unspecified atom stereocenters. The molecule has 0 saturated heterocycles. The first-order valence-corrected chi connectivity index (χ1v) is 7.03. The van der Waals surface area contributed by atoms with Crippen molar-refractivity contribution in [1.82, 2.24) is 9.97 Å². The van der Waals surface area contributed by atoms with Crippen molar-refractivity contribution in [1.29, 1.82) is 0 Å². The predicted octanol–water partition coefficient (Wildman–Crippen LogP) is 4.62. The number of halogens is 1. The van der Waals surface area contributed by atoms with E-state index in [4.69, 9.17) is 17.3 Å². The van der Waals surface area contributed by atoms with E-state index in [1.54, 1.807) is 0 Å². The molecule has 4 aromatic rings. The molecule has 4 rings (SSSR count). The van der Waals surface area contributed by atoms with Gasteiger partial charge < -0.3 is 10.7 Å². The maximum Gasteiger partial charge on any atom is 0.140 e. The molecule has 21 heavy (non-hydrogen) atoms. The van der Waals surface area contributed by atoms with Crippen molar-refractivity contribution < 1.29 is 0 Å². The number of hydrogen-bond donors (Lipinski definition) is 2. The smallest absolute Gasteiger partial charge is 0.140 e. The van der Waals surface area contributed by atoms with Gasteiger partial charge in [0.05, 0.1) is 10.5 Å². The number of imidazole rings is 1. The van der Waals surface area contributed by atoms with Gasteiger partial charge in [0.15, 0.2) is 0 Å². The van der Waals surface area contributed by atoms with E-state index in [2.05, 4.69) is 22.1 Å². The number of nitrogens with one attached hydrogen (secondary N) is 1. The number of nitrogens with two attached hydrogens (primary N) is 1.